The Morgan fingerprint density at radius 1 is 1.17 bits per heavy atom. The molecule has 3 aromatic rings. The number of aliphatic hydroxyl groups excluding tert-OH is 1. The van der Waals surface area contributed by atoms with E-state index in [1.54, 1.807) is 12.1 Å². The fourth-order valence-corrected chi connectivity index (χ4v) is 3.63. The second-order valence-corrected chi connectivity index (χ2v) is 6.70. The predicted molar refractivity (Wildman–Crippen MR) is 85.6 cm³/mol. The van der Waals surface area contributed by atoms with Crippen LogP contribution in [-0.4, -0.2) is 41.7 Å². The van der Waals surface area contributed by atoms with Gasteiger partial charge in [0.2, 0.25) is 0 Å². The number of nitrogens with zero attached hydrogens (tertiary/aromatic N) is 3. The number of aromatic nitrogens is 3. The van der Waals surface area contributed by atoms with Gasteiger partial charge in [0.05, 0.1) is 25.7 Å². The highest BCUT2D eigenvalue weighted by atomic mass is 32.2. The molecule has 0 radical (unpaired) electrons. The van der Waals surface area contributed by atoms with E-state index < -0.39 is 10.0 Å². The third-order valence-electron chi connectivity index (χ3n) is 3.54. The SMILES string of the molecule is COc1ccc(S(=O)(=O)n2cc(CO)c3cnc(OC)nc32)cc1. The highest BCUT2D eigenvalue weighted by molar-refractivity contribution is 7.90. The summed E-state index contributed by atoms with van der Waals surface area (Å²) in [6.45, 7) is -0.336. The van der Waals surface area contributed by atoms with Gasteiger partial charge in [-0.15, -0.1) is 0 Å². The van der Waals surface area contributed by atoms with Crippen LogP contribution in [-0.2, 0) is 16.6 Å². The van der Waals surface area contributed by atoms with E-state index in [2.05, 4.69) is 9.97 Å². The molecule has 0 fully saturated rings. The maximum absolute atomic E-state index is 12.9. The highest BCUT2D eigenvalue weighted by Crippen LogP contribution is 2.26. The molecular formula is C15H15N3O5S. The van der Waals surface area contributed by atoms with Crippen LogP contribution in [0.3, 0.4) is 0 Å². The fraction of sp³-hybridized carbons (Fsp3) is 0.200. The maximum atomic E-state index is 12.9. The molecule has 9 heteroatoms. The largest absolute Gasteiger partial charge is 0.497 e. The Morgan fingerprint density at radius 2 is 1.88 bits per heavy atom. The van der Waals surface area contributed by atoms with Crippen LogP contribution in [0.4, 0.5) is 0 Å². The summed E-state index contributed by atoms with van der Waals surface area (Å²) in [7, 11) is -1.01. The Labute approximate surface area is 138 Å². The van der Waals surface area contributed by atoms with Gasteiger partial charge in [-0.2, -0.15) is 4.98 Å². The van der Waals surface area contributed by atoms with Gasteiger partial charge in [0.25, 0.3) is 10.0 Å². The molecule has 0 unspecified atom stereocenters. The van der Waals surface area contributed by atoms with Crippen LogP contribution in [0, 0.1) is 0 Å². The first-order chi connectivity index (χ1) is 11.5. The summed E-state index contributed by atoms with van der Waals surface area (Å²) in [6, 6.07) is 6.03. The zero-order valence-corrected chi connectivity index (χ0v) is 13.8. The summed E-state index contributed by atoms with van der Waals surface area (Å²) >= 11 is 0. The van der Waals surface area contributed by atoms with E-state index in [0.29, 0.717) is 16.7 Å². The van der Waals surface area contributed by atoms with Gasteiger partial charge < -0.3 is 14.6 Å². The number of aliphatic hydroxyl groups is 1. The van der Waals surface area contributed by atoms with Crippen LogP contribution >= 0.6 is 0 Å². The quantitative estimate of drug-likeness (QED) is 0.737. The molecule has 2 heterocycles. The first-order valence-corrected chi connectivity index (χ1v) is 8.36. The van der Waals surface area contributed by atoms with Crippen molar-refractivity contribution in [2.45, 2.75) is 11.5 Å². The fourth-order valence-electron chi connectivity index (χ4n) is 2.29. The van der Waals surface area contributed by atoms with E-state index in [0.717, 1.165) is 3.97 Å². The van der Waals surface area contributed by atoms with E-state index in [1.807, 2.05) is 0 Å². The number of methoxy groups -OCH3 is 2. The lowest BCUT2D eigenvalue weighted by Gasteiger charge is -2.08. The van der Waals surface area contributed by atoms with E-state index in [-0.39, 0.29) is 23.2 Å². The summed E-state index contributed by atoms with van der Waals surface area (Å²) in [5.74, 6) is 0.548. The van der Waals surface area contributed by atoms with Crippen LogP contribution in [0.5, 0.6) is 11.8 Å². The molecule has 8 nitrogen and oxygen atoms in total. The van der Waals surface area contributed by atoms with Gasteiger partial charge >= 0.3 is 6.01 Å². The molecule has 0 atom stereocenters. The molecule has 24 heavy (non-hydrogen) atoms. The highest BCUT2D eigenvalue weighted by Gasteiger charge is 2.23. The number of hydrogen-bond acceptors (Lipinski definition) is 7. The van der Waals surface area contributed by atoms with Crippen molar-refractivity contribution in [1.82, 2.24) is 13.9 Å². The molecule has 1 aromatic carbocycles. The van der Waals surface area contributed by atoms with Crippen LogP contribution in [0.2, 0.25) is 0 Å². The monoisotopic (exact) mass is 349 g/mol. The zero-order chi connectivity index (χ0) is 17.3. The van der Waals surface area contributed by atoms with Gasteiger partial charge in [-0.05, 0) is 24.3 Å². The molecule has 0 amide bonds. The molecule has 0 saturated heterocycles. The molecule has 2 aromatic heterocycles. The molecule has 0 aliphatic rings. The van der Waals surface area contributed by atoms with E-state index >= 15 is 0 Å². The van der Waals surface area contributed by atoms with Gasteiger partial charge in [0, 0.05) is 23.3 Å². The summed E-state index contributed by atoms with van der Waals surface area (Å²) in [6.07, 6.45) is 2.76. The minimum atomic E-state index is -3.90. The summed E-state index contributed by atoms with van der Waals surface area (Å²) in [5, 5.41) is 9.91. The minimum absolute atomic E-state index is 0.0382. The molecular weight excluding hydrogens is 334 g/mol. The van der Waals surface area contributed by atoms with Gasteiger partial charge in [-0.25, -0.2) is 17.4 Å². The van der Waals surface area contributed by atoms with Crippen molar-refractivity contribution in [3.63, 3.8) is 0 Å². The second-order valence-electron chi connectivity index (χ2n) is 4.88. The van der Waals surface area contributed by atoms with Crippen LogP contribution < -0.4 is 9.47 Å². The zero-order valence-electron chi connectivity index (χ0n) is 13.0. The Bertz CT molecular complexity index is 980. The number of fused-ring (bicyclic) bond motifs is 1. The molecule has 3 rings (SSSR count). The molecule has 126 valence electrons. The third-order valence-corrected chi connectivity index (χ3v) is 5.21. The summed E-state index contributed by atoms with van der Waals surface area (Å²) < 4.78 is 36.8. The topological polar surface area (TPSA) is 104 Å². The lowest BCUT2D eigenvalue weighted by molar-refractivity contribution is 0.283. The van der Waals surface area contributed by atoms with E-state index in [4.69, 9.17) is 9.47 Å². The minimum Gasteiger partial charge on any atom is -0.497 e. The van der Waals surface area contributed by atoms with Crippen molar-refractivity contribution in [2.75, 3.05) is 14.2 Å². The third kappa shape index (κ3) is 2.57. The molecule has 0 spiro atoms. The average molecular weight is 349 g/mol. The molecule has 1 N–H and O–H groups in total. The number of ether oxygens (including phenoxy) is 2. The van der Waals surface area contributed by atoms with Crippen molar-refractivity contribution in [3.8, 4) is 11.8 Å². The number of rotatable bonds is 5. The Morgan fingerprint density at radius 3 is 2.46 bits per heavy atom. The lowest BCUT2D eigenvalue weighted by atomic mass is 10.3. The van der Waals surface area contributed by atoms with Crippen molar-refractivity contribution >= 4 is 21.1 Å². The van der Waals surface area contributed by atoms with Crippen molar-refractivity contribution in [3.05, 3.63) is 42.2 Å². The molecule has 0 aliphatic carbocycles. The van der Waals surface area contributed by atoms with Crippen molar-refractivity contribution in [1.29, 1.82) is 0 Å². The predicted octanol–water partition coefficient (Wildman–Crippen LogP) is 1.18. The maximum Gasteiger partial charge on any atom is 0.318 e. The smallest absolute Gasteiger partial charge is 0.318 e. The first kappa shape index (κ1) is 16.2. The molecule has 0 aliphatic heterocycles. The van der Waals surface area contributed by atoms with Gasteiger partial charge in [-0.1, -0.05) is 0 Å². The van der Waals surface area contributed by atoms with E-state index in [1.165, 1.54) is 38.7 Å². The Kier molecular flexibility index (Phi) is 4.12. The number of benzene rings is 1. The van der Waals surface area contributed by atoms with Crippen LogP contribution in [0.1, 0.15) is 5.56 Å². The van der Waals surface area contributed by atoms with Gasteiger partial charge in [0.15, 0.2) is 5.65 Å². The Balaban J connectivity index is 2.22. The molecule has 0 bridgehead atoms. The van der Waals surface area contributed by atoms with E-state index in [9.17, 15) is 13.5 Å². The number of hydrogen-bond donors (Lipinski definition) is 1. The van der Waals surface area contributed by atoms with Crippen molar-refractivity contribution in [2.24, 2.45) is 0 Å². The van der Waals surface area contributed by atoms with Gasteiger partial charge in [0.1, 0.15) is 5.75 Å². The average Bonchev–Trinajstić information content (AvgIpc) is 3.00. The van der Waals surface area contributed by atoms with Crippen LogP contribution in [0.25, 0.3) is 11.0 Å². The summed E-state index contributed by atoms with van der Waals surface area (Å²) in [4.78, 5) is 8.13. The standard InChI is InChI=1S/C15H15N3O5S/c1-22-11-3-5-12(6-4-11)24(20,21)18-8-10(9-19)13-7-16-15(23-2)17-14(13)18/h3-8,19H,9H2,1-2H3. The second kappa shape index (κ2) is 6.10. The lowest BCUT2D eigenvalue weighted by Crippen LogP contribution is -2.12. The first-order valence-electron chi connectivity index (χ1n) is 6.92. The Hall–Kier alpha value is -2.65. The molecule has 0 saturated carbocycles. The van der Waals surface area contributed by atoms with Crippen molar-refractivity contribution < 1.29 is 23.0 Å². The van der Waals surface area contributed by atoms with Crippen LogP contribution in [0.15, 0.2) is 41.6 Å². The normalized spacial score (nSPS) is 11.6. The van der Waals surface area contributed by atoms with Gasteiger partial charge in [-0.3, -0.25) is 0 Å². The summed E-state index contributed by atoms with van der Waals surface area (Å²) in [5.41, 5.74) is 0.548.